The summed E-state index contributed by atoms with van der Waals surface area (Å²) in [5.41, 5.74) is 3.85. The molecule has 0 saturated heterocycles. The van der Waals surface area contributed by atoms with Gasteiger partial charge in [0, 0.05) is 18.8 Å². The van der Waals surface area contributed by atoms with Crippen molar-refractivity contribution in [2.45, 2.75) is 25.8 Å². The van der Waals surface area contributed by atoms with E-state index in [1.54, 1.807) is 13.2 Å². The third-order valence-electron chi connectivity index (χ3n) is 4.07. The summed E-state index contributed by atoms with van der Waals surface area (Å²) >= 11 is 0. The first-order valence-corrected chi connectivity index (χ1v) is 7.46. The number of hydrogen-bond donors (Lipinski definition) is 1. The van der Waals surface area contributed by atoms with Crippen LogP contribution in [0.1, 0.15) is 24.0 Å². The first kappa shape index (κ1) is 13.8. The van der Waals surface area contributed by atoms with E-state index < -0.39 is 0 Å². The van der Waals surface area contributed by atoms with Gasteiger partial charge in [0.15, 0.2) is 11.5 Å². The molecule has 0 amide bonds. The van der Waals surface area contributed by atoms with Crippen molar-refractivity contribution >= 4 is 5.69 Å². The molecule has 0 bridgehead atoms. The van der Waals surface area contributed by atoms with Crippen LogP contribution in [0.4, 0.5) is 5.69 Å². The molecule has 0 radical (unpaired) electrons. The van der Waals surface area contributed by atoms with Gasteiger partial charge in [0.25, 0.3) is 0 Å². The number of fused-ring (bicyclic) bond motifs is 1. The number of rotatable bonds is 3. The van der Waals surface area contributed by atoms with Gasteiger partial charge in [-0.15, -0.1) is 0 Å². The minimum absolute atomic E-state index is 0.207. The molecule has 0 unspecified atom stereocenters. The molecule has 0 aliphatic carbocycles. The van der Waals surface area contributed by atoms with E-state index in [4.69, 9.17) is 4.74 Å². The van der Waals surface area contributed by atoms with Crippen LogP contribution in [0.5, 0.6) is 11.5 Å². The number of benzene rings is 2. The fraction of sp³-hybridized carbons (Fsp3) is 0.333. The molecule has 2 aromatic rings. The lowest BCUT2D eigenvalue weighted by atomic mass is 10.1. The lowest BCUT2D eigenvalue weighted by Gasteiger charge is -2.25. The van der Waals surface area contributed by atoms with E-state index in [2.05, 4.69) is 29.2 Å². The number of phenols is 1. The smallest absolute Gasteiger partial charge is 0.160 e. The van der Waals surface area contributed by atoms with E-state index in [-0.39, 0.29) is 5.75 Å². The van der Waals surface area contributed by atoms with Crippen molar-refractivity contribution in [3.63, 3.8) is 0 Å². The van der Waals surface area contributed by atoms with Gasteiger partial charge in [-0.05, 0) is 48.6 Å². The Morgan fingerprint density at radius 1 is 1.14 bits per heavy atom. The average Bonchev–Trinajstić information content (AvgIpc) is 2.70. The maximum atomic E-state index is 9.93. The number of para-hydroxylation sites is 1. The maximum Gasteiger partial charge on any atom is 0.160 e. The largest absolute Gasteiger partial charge is 0.504 e. The van der Waals surface area contributed by atoms with Crippen molar-refractivity contribution < 1.29 is 9.84 Å². The highest BCUT2D eigenvalue weighted by molar-refractivity contribution is 5.55. The molecule has 0 spiro atoms. The second-order valence-electron chi connectivity index (χ2n) is 5.51. The van der Waals surface area contributed by atoms with Gasteiger partial charge >= 0.3 is 0 Å². The minimum atomic E-state index is 0.207. The van der Waals surface area contributed by atoms with Crippen molar-refractivity contribution in [3.8, 4) is 11.5 Å². The van der Waals surface area contributed by atoms with Gasteiger partial charge in [0.05, 0.1) is 7.11 Å². The first-order valence-electron chi connectivity index (χ1n) is 7.46. The monoisotopic (exact) mass is 283 g/mol. The molecule has 110 valence electrons. The van der Waals surface area contributed by atoms with Crippen molar-refractivity contribution in [1.29, 1.82) is 0 Å². The normalized spacial score (nSPS) is 14.4. The number of phenolic OH excluding ortho intramolecular Hbond substituents is 1. The zero-order valence-electron chi connectivity index (χ0n) is 12.4. The maximum absolute atomic E-state index is 9.93. The van der Waals surface area contributed by atoms with Crippen molar-refractivity contribution in [3.05, 3.63) is 53.6 Å². The summed E-state index contributed by atoms with van der Waals surface area (Å²) in [6.07, 6.45) is 3.60. The van der Waals surface area contributed by atoms with Gasteiger partial charge in [-0.25, -0.2) is 0 Å². The van der Waals surface area contributed by atoms with Gasteiger partial charge in [0.2, 0.25) is 0 Å². The molecule has 3 nitrogen and oxygen atoms in total. The topological polar surface area (TPSA) is 32.7 Å². The number of aromatic hydroxyl groups is 1. The summed E-state index contributed by atoms with van der Waals surface area (Å²) in [6.45, 7) is 1.87. The molecular weight excluding hydrogens is 262 g/mol. The van der Waals surface area contributed by atoms with Crippen molar-refractivity contribution in [2.75, 3.05) is 18.6 Å². The summed E-state index contributed by atoms with van der Waals surface area (Å²) in [4.78, 5) is 2.41. The van der Waals surface area contributed by atoms with Crippen LogP contribution in [0.3, 0.4) is 0 Å². The molecule has 0 fully saturated rings. The van der Waals surface area contributed by atoms with E-state index in [0.717, 1.165) is 25.1 Å². The Labute approximate surface area is 125 Å². The van der Waals surface area contributed by atoms with Crippen LogP contribution in [0.15, 0.2) is 42.5 Å². The van der Waals surface area contributed by atoms with Crippen LogP contribution >= 0.6 is 0 Å². The summed E-state index contributed by atoms with van der Waals surface area (Å²) < 4.78 is 5.10. The third kappa shape index (κ3) is 2.97. The van der Waals surface area contributed by atoms with Crippen LogP contribution in [0, 0.1) is 0 Å². The Morgan fingerprint density at radius 2 is 2.00 bits per heavy atom. The molecule has 3 rings (SSSR count). The molecular formula is C18H21NO2. The second kappa shape index (κ2) is 6.08. The molecule has 3 heteroatoms. The number of anilines is 1. The lowest BCUT2D eigenvalue weighted by Crippen LogP contribution is -2.23. The molecule has 0 saturated carbocycles. The number of methoxy groups -OCH3 is 1. The quantitative estimate of drug-likeness (QED) is 0.931. The highest BCUT2D eigenvalue weighted by atomic mass is 16.5. The highest BCUT2D eigenvalue weighted by Gasteiger charge is 2.15. The fourth-order valence-electron chi connectivity index (χ4n) is 2.99. The fourth-order valence-corrected chi connectivity index (χ4v) is 2.99. The predicted octanol–water partition coefficient (Wildman–Crippen LogP) is 3.74. The Kier molecular flexibility index (Phi) is 4.00. The highest BCUT2D eigenvalue weighted by Crippen LogP contribution is 2.30. The lowest BCUT2D eigenvalue weighted by molar-refractivity contribution is 0.373. The molecule has 2 aromatic carbocycles. The summed E-state index contributed by atoms with van der Waals surface area (Å²) in [5, 5.41) is 9.93. The van der Waals surface area contributed by atoms with Gasteiger partial charge in [-0.2, -0.15) is 0 Å². The second-order valence-corrected chi connectivity index (χ2v) is 5.51. The Hall–Kier alpha value is -2.16. The number of ether oxygens (including phenoxy) is 1. The van der Waals surface area contributed by atoms with Crippen LogP contribution in [-0.4, -0.2) is 18.8 Å². The van der Waals surface area contributed by atoms with Crippen LogP contribution in [-0.2, 0) is 13.0 Å². The molecule has 21 heavy (non-hydrogen) atoms. The summed E-state index contributed by atoms with van der Waals surface area (Å²) in [7, 11) is 1.57. The molecule has 1 N–H and O–H groups in total. The van der Waals surface area contributed by atoms with Gasteiger partial charge in [-0.3, -0.25) is 0 Å². The molecule has 1 heterocycles. The number of hydrogen-bond acceptors (Lipinski definition) is 3. The van der Waals surface area contributed by atoms with E-state index in [9.17, 15) is 5.11 Å². The van der Waals surface area contributed by atoms with Crippen LogP contribution in [0.25, 0.3) is 0 Å². The molecule has 1 aliphatic heterocycles. The molecule has 0 aromatic heterocycles. The minimum Gasteiger partial charge on any atom is -0.504 e. The SMILES string of the molecule is COc1ccc(CN2CCCCc3ccccc32)cc1O. The van der Waals surface area contributed by atoms with E-state index in [1.165, 1.54) is 24.1 Å². The van der Waals surface area contributed by atoms with Gasteiger partial charge in [-0.1, -0.05) is 24.3 Å². The van der Waals surface area contributed by atoms with Crippen molar-refractivity contribution in [2.24, 2.45) is 0 Å². The van der Waals surface area contributed by atoms with Gasteiger partial charge in [0.1, 0.15) is 0 Å². The Morgan fingerprint density at radius 3 is 2.81 bits per heavy atom. The van der Waals surface area contributed by atoms with Crippen LogP contribution < -0.4 is 9.64 Å². The van der Waals surface area contributed by atoms with E-state index in [0.29, 0.717) is 5.75 Å². The Balaban J connectivity index is 1.86. The number of aryl methyl sites for hydroxylation is 1. The predicted molar refractivity (Wildman–Crippen MR) is 85.1 cm³/mol. The van der Waals surface area contributed by atoms with Crippen LogP contribution in [0.2, 0.25) is 0 Å². The van der Waals surface area contributed by atoms with Crippen molar-refractivity contribution in [1.82, 2.24) is 0 Å². The molecule has 0 atom stereocenters. The Bertz CT molecular complexity index is 624. The summed E-state index contributed by atoms with van der Waals surface area (Å²) in [6, 6.07) is 14.3. The zero-order valence-corrected chi connectivity index (χ0v) is 12.4. The van der Waals surface area contributed by atoms with Gasteiger partial charge < -0.3 is 14.7 Å². The zero-order chi connectivity index (χ0) is 14.7. The van der Waals surface area contributed by atoms with E-state index >= 15 is 0 Å². The van der Waals surface area contributed by atoms with E-state index in [1.807, 2.05) is 12.1 Å². The third-order valence-corrected chi connectivity index (χ3v) is 4.07. The standard InChI is InChI=1S/C18H21NO2/c1-21-18-10-9-14(12-17(18)20)13-19-11-5-4-7-15-6-2-3-8-16(15)19/h2-3,6,8-10,12,20H,4-5,7,11,13H2,1H3. The summed E-state index contributed by atoms with van der Waals surface area (Å²) in [5.74, 6) is 0.730. The average molecular weight is 283 g/mol. The first-order chi connectivity index (χ1) is 10.3. The number of nitrogens with zero attached hydrogens (tertiary/aromatic N) is 1. The molecule has 1 aliphatic rings.